The van der Waals surface area contributed by atoms with Gasteiger partial charge in [0.1, 0.15) is 21.8 Å². The highest BCUT2D eigenvalue weighted by Gasteiger charge is 2.54. The predicted octanol–water partition coefficient (Wildman–Crippen LogP) is 1.55. The number of fused-ring (bicyclic) bond motifs is 1. The van der Waals surface area contributed by atoms with Crippen molar-refractivity contribution in [2.24, 2.45) is 5.18 Å². The van der Waals surface area contributed by atoms with E-state index in [-0.39, 0.29) is 20.9 Å². The molecule has 3 atom stereocenters. The Hall–Kier alpha value is -3.10. The largest absolute Gasteiger partial charge is 0.477 e. The Morgan fingerprint density at radius 1 is 1.44 bits per heavy atom. The Bertz CT molecular complexity index is 1140. The van der Waals surface area contributed by atoms with Crippen molar-refractivity contribution in [3.8, 4) is 0 Å². The molecule has 1 saturated heterocycles. The van der Waals surface area contributed by atoms with Crippen LogP contribution in [-0.4, -0.2) is 55.1 Å². The van der Waals surface area contributed by atoms with Crippen molar-refractivity contribution in [1.82, 2.24) is 25.4 Å². The molecule has 0 aromatic carbocycles. The molecule has 0 bridgehead atoms. The maximum absolute atomic E-state index is 12.8. The second-order valence-electron chi connectivity index (χ2n) is 6.78. The smallest absolute Gasteiger partial charge is 0.353 e. The molecule has 0 saturated carbocycles. The van der Waals surface area contributed by atoms with Crippen molar-refractivity contribution < 1.29 is 19.5 Å². The summed E-state index contributed by atoms with van der Waals surface area (Å²) in [4.78, 5) is 54.8. The number of nitrogens with two attached hydrogens (primary N) is 1. The monoisotopic (exact) mass is 495 g/mol. The maximum atomic E-state index is 12.8. The molecule has 0 aliphatic carbocycles. The highest BCUT2D eigenvalue weighted by Crippen LogP contribution is 2.43. The van der Waals surface area contributed by atoms with E-state index in [1.165, 1.54) is 24.2 Å². The topological polar surface area (TPSA) is 181 Å². The number of nitrogen functional groups attached to an aromatic ring is 1. The minimum atomic E-state index is -1.58. The summed E-state index contributed by atoms with van der Waals surface area (Å²) in [6.07, 6.45) is 3.76. The number of allylic oxidation sites excluding steroid dienone is 1. The minimum absolute atomic E-state index is 0.0462. The van der Waals surface area contributed by atoms with E-state index in [4.69, 9.17) is 17.3 Å². The SMILES string of the molecule is Nc1nc(C(N=O)C(=O)N[C@@H]2C(=O)N3C(C(=O)O)=C(Sc4ccnnc4)CCC23)c(Cl)s1. The zero-order valence-electron chi connectivity index (χ0n) is 16.0. The van der Waals surface area contributed by atoms with Crippen LogP contribution in [-0.2, 0) is 14.4 Å². The normalized spacial score (nSPS) is 20.9. The van der Waals surface area contributed by atoms with E-state index < -0.39 is 35.9 Å². The molecule has 2 aliphatic rings. The van der Waals surface area contributed by atoms with Crippen molar-refractivity contribution in [1.29, 1.82) is 0 Å². The molecular formula is C17H14ClN7O5S2. The van der Waals surface area contributed by atoms with Gasteiger partial charge in [0.25, 0.3) is 11.8 Å². The third kappa shape index (κ3) is 3.91. The summed E-state index contributed by atoms with van der Waals surface area (Å²) >= 11 is 8.04. The van der Waals surface area contributed by atoms with Crippen LogP contribution in [0.4, 0.5) is 5.13 Å². The van der Waals surface area contributed by atoms with Gasteiger partial charge in [-0.25, -0.2) is 9.78 Å². The molecule has 12 nitrogen and oxygen atoms in total. The highest BCUT2D eigenvalue weighted by atomic mass is 35.5. The van der Waals surface area contributed by atoms with Crippen LogP contribution in [0.1, 0.15) is 24.6 Å². The highest BCUT2D eigenvalue weighted by molar-refractivity contribution is 8.03. The lowest BCUT2D eigenvalue weighted by atomic mass is 9.86. The number of carbonyl (C=O) groups is 3. The number of carboxylic acids is 1. The number of nitrogens with zero attached hydrogens (tertiary/aromatic N) is 5. The van der Waals surface area contributed by atoms with E-state index in [0.29, 0.717) is 22.6 Å². The van der Waals surface area contributed by atoms with Crippen LogP contribution in [0.5, 0.6) is 0 Å². The second kappa shape index (κ2) is 8.80. The first-order valence-corrected chi connectivity index (χ1v) is 11.1. The fourth-order valence-electron chi connectivity index (χ4n) is 3.56. The third-order valence-electron chi connectivity index (χ3n) is 4.93. The van der Waals surface area contributed by atoms with Crippen molar-refractivity contribution >= 4 is 57.6 Å². The molecule has 32 heavy (non-hydrogen) atoms. The van der Waals surface area contributed by atoms with Gasteiger partial charge in [-0.3, -0.25) is 14.5 Å². The van der Waals surface area contributed by atoms with Gasteiger partial charge in [-0.15, -0.1) is 4.91 Å². The molecule has 4 heterocycles. The van der Waals surface area contributed by atoms with Crippen molar-refractivity contribution in [3.63, 3.8) is 0 Å². The first-order chi connectivity index (χ1) is 15.3. The van der Waals surface area contributed by atoms with Crippen molar-refractivity contribution in [3.05, 3.63) is 44.0 Å². The summed E-state index contributed by atoms with van der Waals surface area (Å²) in [5, 5.41) is 22.5. The molecular weight excluding hydrogens is 482 g/mol. The number of carboxylic acid groups (broad SMARTS) is 1. The number of halogens is 1. The summed E-state index contributed by atoms with van der Waals surface area (Å²) in [5.74, 6) is -2.72. The summed E-state index contributed by atoms with van der Waals surface area (Å²) in [6, 6.07) is -1.47. The molecule has 2 aliphatic heterocycles. The van der Waals surface area contributed by atoms with E-state index in [9.17, 15) is 24.4 Å². The van der Waals surface area contributed by atoms with E-state index in [1.54, 1.807) is 6.07 Å². The van der Waals surface area contributed by atoms with E-state index in [1.807, 2.05) is 0 Å². The van der Waals surface area contributed by atoms with Gasteiger partial charge in [0.2, 0.25) is 6.04 Å². The number of thiazole rings is 1. The number of thioether (sulfide) groups is 1. The first-order valence-electron chi connectivity index (χ1n) is 9.10. The van der Waals surface area contributed by atoms with Gasteiger partial charge in [-0.2, -0.15) is 10.2 Å². The average Bonchev–Trinajstić information content (AvgIpc) is 3.10. The van der Waals surface area contributed by atoms with Gasteiger partial charge in [-0.1, -0.05) is 34.7 Å². The van der Waals surface area contributed by atoms with E-state index >= 15 is 0 Å². The van der Waals surface area contributed by atoms with Crippen molar-refractivity contribution in [2.45, 2.75) is 35.9 Å². The molecule has 166 valence electrons. The number of anilines is 1. The Kier molecular flexibility index (Phi) is 6.08. The zero-order chi connectivity index (χ0) is 23.0. The summed E-state index contributed by atoms with van der Waals surface area (Å²) < 4.78 is 0.0462. The average molecular weight is 496 g/mol. The first kappa shape index (κ1) is 22.1. The number of nitrogens with one attached hydrogen (secondary N) is 1. The summed E-state index contributed by atoms with van der Waals surface area (Å²) in [6.45, 7) is 0. The minimum Gasteiger partial charge on any atom is -0.477 e. The number of rotatable bonds is 7. The number of aliphatic carboxylic acids is 1. The molecule has 4 rings (SSSR count). The molecule has 0 spiro atoms. The Balaban J connectivity index is 1.52. The van der Waals surface area contributed by atoms with Crippen LogP contribution >= 0.6 is 34.7 Å². The van der Waals surface area contributed by atoms with Crippen LogP contribution in [0, 0.1) is 4.91 Å². The molecule has 4 N–H and O–H groups in total. The second-order valence-corrected chi connectivity index (χ2v) is 9.58. The van der Waals surface area contributed by atoms with Crippen LogP contribution in [0.2, 0.25) is 4.34 Å². The van der Waals surface area contributed by atoms with E-state index in [0.717, 1.165) is 16.2 Å². The lowest BCUT2D eigenvalue weighted by Crippen LogP contribution is -2.71. The summed E-state index contributed by atoms with van der Waals surface area (Å²) in [7, 11) is 0. The number of carbonyl (C=O) groups excluding carboxylic acids is 2. The number of aromatic nitrogens is 3. The van der Waals surface area contributed by atoms with Crippen LogP contribution in [0.15, 0.2) is 39.1 Å². The maximum Gasteiger partial charge on any atom is 0.353 e. The number of amides is 2. The number of hydrogen-bond acceptors (Lipinski definition) is 11. The molecule has 0 radical (unpaired) electrons. The van der Waals surface area contributed by atoms with Gasteiger partial charge in [0.15, 0.2) is 5.13 Å². The van der Waals surface area contributed by atoms with Crippen LogP contribution in [0.3, 0.4) is 0 Å². The summed E-state index contributed by atoms with van der Waals surface area (Å²) in [5.41, 5.74) is 5.32. The van der Waals surface area contributed by atoms with Gasteiger partial charge in [0.05, 0.1) is 18.4 Å². The molecule has 1 fully saturated rings. The number of hydrogen-bond donors (Lipinski definition) is 3. The fraction of sp³-hybridized carbons (Fsp3) is 0.294. The predicted molar refractivity (Wildman–Crippen MR) is 114 cm³/mol. The Labute approximate surface area is 193 Å². The standard InChI is InChI=1S/C17H14ClN7O5S2/c18-13-10(23-17(19)32-13)11(24-30)14(26)22-9-7-1-2-8(31-6-3-4-20-21-5-6)12(16(28)29)25(7)15(9)27/h3-5,7,9,11H,1-2H2,(H2,19,23)(H,22,26)(H,28,29)/t7?,9-,11?/m0/s1. The molecule has 2 amide bonds. The van der Waals surface area contributed by atoms with Crippen LogP contribution in [0.25, 0.3) is 0 Å². The quantitative estimate of drug-likeness (QED) is 0.376. The fourth-order valence-corrected chi connectivity index (χ4v) is 5.55. The van der Waals surface area contributed by atoms with Gasteiger partial charge in [-0.05, 0) is 24.1 Å². The Morgan fingerprint density at radius 3 is 2.81 bits per heavy atom. The molecule has 2 unspecified atom stereocenters. The van der Waals surface area contributed by atoms with Crippen LogP contribution < -0.4 is 11.1 Å². The molecule has 2 aromatic rings. The lowest BCUT2D eigenvalue weighted by molar-refractivity contribution is -0.156. The Morgan fingerprint density at radius 2 is 2.22 bits per heavy atom. The zero-order valence-corrected chi connectivity index (χ0v) is 18.4. The number of β-lactam (4-membered cyclic amide) rings is 1. The van der Waals surface area contributed by atoms with Gasteiger partial charge in [0, 0.05) is 9.80 Å². The molecule has 2 aromatic heterocycles. The van der Waals surface area contributed by atoms with Crippen molar-refractivity contribution in [2.75, 3.05) is 5.73 Å². The molecule has 15 heteroatoms. The number of nitroso groups, excluding NO2 is 1. The van der Waals surface area contributed by atoms with E-state index in [2.05, 4.69) is 25.7 Å². The van der Waals surface area contributed by atoms with Gasteiger partial charge < -0.3 is 16.2 Å². The third-order valence-corrected chi connectivity index (χ3v) is 7.16. The van der Waals surface area contributed by atoms with Gasteiger partial charge >= 0.3 is 5.97 Å². The lowest BCUT2D eigenvalue weighted by Gasteiger charge is -2.50.